The molecule has 130 valence electrons. The van der Waals surface area contributed by atoms with E-state index >= 15 is 0 Å². The minimum atomic E-state index is -0.382. The zero-order chi connectivity index (χ0) is 18.3. The van der Waals surface area contributed by atoms with Crippen LogP contribution in [0.4, 0.5) is 0 Å². The van der Waals surface area contributed by atoms with Crippen molar-refractivity contribution in [1.82, 2.24) is 14.4 Å². The van der Waals surface area contributed by atoms with Crippen molar-refractivity contribution in [3.05, 3.63) is 64.3 Å². The summed E-state index contributed by atoms with van der Waals surface area (Å²) in [6.45, 7) is 3.91. The van der Waals surface area contributed by atoms with Gasteiger partial charge in [0.15, 0.2) is 0 Å². The second kappa shape index (κ2) is 6.53. The molecular weight excluding hydrogens is 394 g/mol. The molecule has 4 aromatic rings. The Kier molecular flexibility index (Phi) is 4.20. The lowest BCUT2D eigenvalue weighted by atomic mass is 10.0. The second-order valence-corrected chi connectivity index (χ2v) is 6.80. The van der Waals surface area contributed by atoms with Crippen LogP contribution in [0.5, 0.6) is 0 Å². The van der Waals surface area contributed by atoms with Gasteiger partial charge in [0.05, 0.1) is 29.0 Å². The van der Waals surface area contributed by atoms with Crippen LogP contribution in [-0.4, -0.2) is 26.9 Å². The van der Waals surface area contributed by atoms with Crippen molar-refractivity contribution in [1.29, 1.82) is 0 Å². The fraction of sp³-hybridized carbons (Fsp3) is 0.150. The van der Waals surface area contributed by atoms with Crippen LogP contribution in [0.3, 0.4) is 0 Å². The average Bonchev–Trinajstić information content (AvgIpc) is 2.98. The lowest BCUT2D eigenvalue weighted by Crippen LogP contribution is -2.13. The molecule has 6 heteroatoms. The van der Waals surface area contributed by atoms with Gasteiger partial charge in [0, 0.05) is 10.0 Å². The Morgan fingerprint density at radius 3 is 2.73 bits per heavy atom. The van der Waals surface area contributed by atoms with Crippen LogP contribution < -0.4 is 0 Å². The molecule has 0 fully saturated rings. The summed E-state index contributed by atoms with van der Waals surface area (Å²) >= 11 is 3.52. The molecule has 0 saturated carbocycles. The Morgan fingerprint density at radius 1 is 1.15 bits per heavy atom. The van der Waals surface area contributed by atoms with Crippen LogP contribution in [0, 0.1) is 6.92 Å². The zero-order valence-electron chi connectivity index (χ0n) is 14.4. The van der Waals surface area contributed by atoms with E-state index in [1.165, 1.54) is 0 Å². The molecule has 0 N–H and O–H groups in total. The van der Waals surface area contributed by atoms with Gasteiger partial charge in [-0.15, -0.1) is 0 Å². The highest BCUT2D eigenvalue weighted by molar-refractivity contribution is 9.10. The molecule has 0 spiro atoms. The number of hydrogen-bond donors (Lipinski definition) is 0. The van der Waals surface area contributed by atoms with Crippen LogP contribution >= 0.6 is 15.9 Å². The van der Waals surface area contributed by atoms with Gasteiger partial charge in [-0.05, 0) is 38.1 Å². The van der Waals surface area contributed by atoms with E-state index in [1.54, 1.807) is 6.92 Å². The first-order valence-electron chi connectivity index (χ1n) is 8.31. The van der Waals surface area contributed by atoms with Gasteiger partial charge in [0.25, 0.3) is 0 Å². The predicted molar refractivity (Wildman–Crippen MR) is 104 cm³/mol. The summed E-state index contributed by atoms with van der Waals surface area (Å²) < 4.78 is 8.17. The Labute approximate surface area is 158 Å². The third-order valence-electron chi connectivity index (χ3n) is 4.21. The molecular formula is C20H16BrN3O2. The summed E-state index contributed by atoms with van der Waals surface area (Å²) in [5, 5.41) is 0. The minimum absolute atomic E-state index is 0.304. The van der Waals surface area contributed by atoms with E-state index in [-0.39, 0.29) is 5.97 Å². The van der Waals surface area contributed by atoms with Crippen molar-refractivity contribution >= 4 is 38.7 Å². The fourth-order valence-electron chi connectivity index (χ4n) is 3.15. The van der Waals surface area contributed by atoms with E-state index < -0.39 is 0 Å². The number of imidazole rings is 1. The van der Waals surface area contributed by atoms with Gasteiger partial charge >= 0.3 is 5.97 Å². The maximum Gasteiger partial charge on any atom is 0.342 e. The molecule has 0 unspecified atom stereocenters. The summed E-state index contributed by atoms with van der Waals surface area (Å²) in [5.74, 6) is 0.180. The summed E-state index contributed by atoms with van der Waals surface area (Å²) in [5.41, 5.74) is 4.41. The number of rotatable bonds is 3. The number of benzene rings is 2. The average molecular weight is 410 g/mol. The first kappa shape index (κ1) is 16.7. The molecule has 0 atom stereocenters. The third kappa shape index (κ3) is 2.66. The van der Waals surface area contributed by atoms with Crippen molar-refractivity contribution < 1.29 is 9.53 Å². The van der Waals surface area contributed by atoms with E-state index in [0.29, 0.717) is 23.6 Å². The topological polar surface area (TPSA) is 56.5 Å². The van der Waals surface area contributed by atoms with Crippen LogP contribution in [0.25, 0.3) is 28.1 Å². The highest BCUT2D eigenvalue weighted by atomic mass is 79.9. The number of esters is 1. The molecule has 0 bridgehead atoms. The summed E-state index contributed by atoms with van der Waals surface area (Å²) in [6.07, 6.45) is 0. The standard InChI is InChI=1S/C20H16BrN3O2/c1-3-26-19(25)17-12(2)22-20-23-15-9-4-5-10-16(15)24(20)18(17)13-7-6-8-14(21)11-13/h4-11H,3H2,1-2H3. The molecule has 0 radical (unpaired) electrons. The molecule has 2 aromatic heterocycles. The molecule has 0 aliphatic heterocycles. The van der Waals surface area contributed by atoms with Crippen LogP contribution in [0.15, 0.2) is 53.0 Å². The second-order valence-electron chi connectivity index (χ2n) is 5.89. The Balaban J connectivity index is 2.18. The SMILES string of the molecule is CCOC(=O)c1c(C)nc2nc3ccccc3n2c1-c1cccc(Br)c1. The first-order chi connectivity index (χ1) is 12.6. The van der Waals surface area contributed by atoms with E-state index in [1.807, 2.05) is 59.9 Å². The first-order valence-corrected chi connectivity index (χ1v) is 9.10. The van der Waals surface area contributed by atoms with Gasteiger partial charge < -0.3 is 4.74 Å². The summed E-state index contributed by atoms with van der Waals surface area (Å²) in [4.78, 5) is 21.9. The molecule has 26 heavy (non-hydrogen) atoms. The Morgan fingerprint density at radius 2 is 1.96 bits per heavy atom. The van der Waals surface area contributed by atoms with Crippen molar-refractivity contribution in [3.63, 3.8) is 0 Å². The van der Waals surface area contributed by atoms with Crippen molar-refractivity contribution in [2.45, 2.75) is 13.8 Å². The monoisotopic (exact) mass is 409 g/mol. The lowest BCUT2D eigenvalue weighted by molar-refractivity contribution is 0.0525. The molecule has 0 aliphatic carbocycles. The highest BCUT2D eigenvalue weighted by Gasteiger charge is 2.23. The number of ether oxygens (including phenoxy) is 1. The molecule has 2 aromatic carbocycles. The minimum Gasteiger partial charge on any atom is -0.462 e. The number of carbonyl (C=O) groups excluding carboxylic acids is 1. The van der Waals surface area contributed by atoms with Gasteiger partial charge in [-0.25, -0.2) is 14.8 Å². The molecule has 5 nitrogen and oxygen atoms in total. The number of halogens is 1. The number of fused-ring (bicyclic) bond motifs is 3. The van der Waals surface area contributed by atoms with Gasteiger partial charge in [-0.3, -0.25) is 4.40 Å². The van der Waals surface area contributed by atoms with Crippen LogP contribution in [-0.2, 0) is 4.74 Å². The van der Waals surface area contributed by atoms with E-state index in [4.69, 9.17) is 4.74 Å². The Bertz CT molecular complexity index is 1150. The van der Waals surface area contributed by atoms with E-state index in [0.717, 1.165) is 26.8 Å². The van der Waals surface area contributed by atoms with Crippen molar-refractivity contribution in [2.24, 2.45) is 0 Å². The fourth-order valence-corrected chi connectivity index (χ4v) is 3.55. The molecule has 2 heterocycles. The number of hydrogen-bond acceptors (Lipinski definition) is 4. The maximum absolute atomic E-state index is 12.7. The van der Waals surface area contributed by atoms with E-state index in [9.17, 15) is 4.79 Å². The Hall–Kier alpha value is -2.73. The summed E-state index contributed by atoms with van der Waals surface area (Å²) in [6, 6.07) is 15.6. The quantitative estimate of drug-likeness (QED) is 0.456. The molecule has 4 rings (SSSR count). The zero-order valence-corrected chi connectivity index (χ0v) is 15.9. The number of nitrogens with zero attached hydrogens (tertiary/aromatic N) is 3. The number of carbonyl (C=O) groups is 1. The van der Waals surface area contributed by atoms with Crippen LogP contribution in [0.1, 0.15) is 23.0 Å². The lowest BCUT2D eigenvalue weighted by Gasteiger charge is -2.14. The number of aromatic nitrogens is 3. The van der Waals surface area contributed by atoms with E-state index in [2.05, 4.69) is 25.9 Å². The number of para-hydroxylation sites is 2. The van der Waals surface area contributed by atoms with Crippen LogP contribution in [0.2, 0.25) is 0 Å². The van der Waals surface area contributed by atoms with Gasteiger partial charge in [0.2, 0.25) is 5.78 Å². The molecule has 0 saturated heterocycles. The van der Waals surface area contributed by atoms with Gasteiger partial charge in [-0.2, -0.15) is 0 Å². The highest BCUT2D eigenvalue weighted by Crippen LogP contribution is 2.31. The maximum atomic E-state index is 12.7. The largest absolute Gasteiger partial charge is 0.462 e. The molecule has 0 aliphatic rings. The van der Waals surface area contributed by atoms with Crippen molar-refractivity contribution in [3.8, 4) is 11.3 Å². The smallest absolute Gasteiger partial charge is 0.342 e. The normalized spacial score (nSPS) is 11.2. The van der Waals surface area contributed by atoms with Gasteiger partial charge in [-0.1, -0.05) is 40.2 Å². The van der Waals surface area contributed by atoms with Gasteiger partial charge in [0.1, 0.15) is 5.56 Å². The summed E-state index contributed by atoms with van der Waals surface area (Å²) in [7, 11) is 0. The molecule has 0 amide bonds. The predicted octanol–water partition coefficient (Wildman–Crippen LogP) is 4.80. The number of aryl methyl sites for hydroxylation is 1. The third-order valence-corrected chi connectivity index (χ3v) is 4.70. The van der Waals surface area contributed by atoms with Crippen molar-refractivity contribution in [2.75, 3.05) is 6.61 Å².